The highest BCUT2D eigenvalue weighted by Crippen LogP contribution is 2.37. The van der Waals surface area contributed by atoms with Crippen LogP contribution in [0.5, 0.6) is 5.75 Å². The molecule has 1 aromatic carbocycles. The largest absolute Gasteiger partial charge is 0.479 e. The maximum absolute atomic E-state index is 12.1. The van der Waals surface area contributed by atoms with Crippen LogP contribution in [0.2, 0.25) is 0 Å². The van der Waals surface area contributed by atoms with Gasteiger partial charge in [0, 0.05) is 19.5 Å². The summed E-state index contributed by atoms with van der Waals surface area (Å²) in [6.45, 7) is 4.07. The number of nitrogens with zero attached hydrogens (tertiary/aromatic N) is 2. The Morgan fingerprint density at radius 2 is 2.08 bits per heavy atom. The van der Waals surface area contributed by atoms with Crippen LogP contribution in [-0.4, -0.2) is 50.3 Å². The molecule has 3 rings (SSSR count). The number of rotatable bonds is 4. The highest BCUT2D eigenvalue weighted by molar-refractivity contribution is 6.00. The minimum absolute atomic E-state index is 0.0848. The van der Waals surface area contributed by atoms with Crippen molar-refractivity contribution in [3.63, 3.8) is 0 Å². The summed E-state index contributed by atoms with van der Waals surface area (Å²) >= 11 is 0. The SMILES string of the molecule is CCC(=O)NC[C@H]1CN(c2ccc3c(c2)OC(C)C(=O)N3C)C(=O)O1. The lowest BCUT2D eigenvalue weighted by molar-refractivity contribution is -0.125. The molecule has 1 N–H and O–H groups in total. The van der Waals surface area contributed by atoms with E-state index in [0.29, 0.717) is 30.1 Å². The van der Waals surface area contributed by atoms with Crippen molar-refractivity contribution in [2.75, 3.05) is 29.9 Å². The Balaban J connectivity index is 1.74. The average Bonchev–Trinajstić information content (AvgIpc) is 2.98. The minimum atomic E-state index is -0.574. The summed E-state index contributed by atoms with van der Waals surface area (Å²) in [5, 5.41) is 2.72. The molecule has 2 aliphatic rings. The molecule has 134 valence electrons. The fourth-order valence-electron chi connectivity index (χ4n) is 2.87. The molecule has 0 bridgehead atoms. The van der Waals surface area contributed by atoms with E-state index in [2.05, 4.69) is 5.32 Å². The van der Waals surface area contributed by atoms with Crippen molar-refractivity contribution in [2.45, 2.75) is 32.5 Å². The Morgan fingerprint density at radius 1 is 1.32 bits per heavy atom. The number of benzene rings is 1. The predicted octanol–water partition coefficient (Wildman–Crippen LogP) is 1.28. The van der Waals surface area contributed by atoms with Crippen LogP contribution in [0.15, 0.2) is 18.2 Å². The topological polar surface area (TPSA) is 88.2 Å². The van der Waals surface area contributed by atoms with E-state index >= 15 is 0 Å². The van der Waals surface area contributed by atoms with Gasteiger partial charge in [0.15, 0.2) is 6.10 Å². The van der Waals surface area contributed by atoms with E-state index < -0.39 is 18.3 Å². The zero-order valence-electron chi connectivity index (χ0n) is 14.4. The van der Waals surface area contributed by atoms with E-state index in [1.54, 1.807) is 44.0 Å². The van der Waals surface area contributed by atoms with Gasteiger partial charge in [-0.3, -0.25) is 14.5 Å². The first-order valence-electron chi connectivity index (χ1n) is 8.23. The Hall–Kier alpha value is -2.77. The zero-order valence-corrected chi connectivity index (χ0v) is 14.4. The fraction of sp³-hybridized carbons (Fsp3) is 0.471. The van der Waals surface area contributed by atoms with Crippen LogP contribution in [0, 0.1) is 0 Å². The van der Waals surface area contributed by atoms with Gasteiger partial charge >= 0.3 is 6.09 Å². The maximum atomic E-state index is 12.1. The lowest BCUT2D eigenvalue weighted by Gasteiger charge is -2.31. The predicted molar refractivity (Wildman–Crippen MR) is 90.9 cm³/mol. The summed E-state index contributed by atoms with van der Waals surface area (Å²) in [5.41, 5.74) is 1.29. The van der Waals surface area contributed by atoms with Crippen molar-refractivity contribution < 1.29 is 23.9 Å². The monoisotopic (exact) mass is 347 g/mol. The molecule has 8 heteroatoms. The smallest absolute Gasteiger partial charge is 0.414 e. The molecule has 1 aromatic rings. The second-order valence-corrected chi connectivity index (χ2v) is 6.08. The van der Waals surface area contributed by atoms with E-state index in [1.807, 2.05) is 0 Å². The molecule has 2 heterocycles. The Kier molecular flexibility index (Phi) is 4.52. The van der Waals surface area contributed by atoms with E-state index in [0.717, 1.165) is 0 Å². The van der Waals surface area contributed by atoms with E-state index in [4.69, 9.17) is 9.47 Å². The third-order valence-electron chi connectivity index (χ3n) is 4.32. The molecular weight excluding hydrogens is 326 g/mol. The fourth-order valence-corrected chi connectivity index (χ4v) is 2.87. The van der Waals surface area contributed by atoms with Crippen molar-refractivity contribution in [2.24, 2.45) is 0 Å². The Labute approximate surface area is 145 Å². The van der Waals surface area contributed by atoms with Gasteiger partial charge in [-0.2, -0.15) is 0 Å². The summed E-state index contributed by atoms with van der Waals surface area (Å²) < 4.78 is 10.9. The quantitative estimate of drug-likeness (QED) is 0.886. The van der Waals surface area contributed by atoms with Crippen LogP contribution in [0.3, 0.4) is 0 Å². The van der Waals surface area contributed by atoms with E-state index in [1.165, 1.54) is 4.90 Å². The first kappa shape index (κ1) is 17.1. The van der Waals surface area contributed by atoms with Crippen molar-refractivity contribution in [1.29, 1.82) is 0 Å². The lowest BCUT2D eigenvalue weighted by atomic mass is 10.1. The molecule has 1 fully saturated rings. The molecule has 0 aromatic heterocycles. The van der Waals surface area contributed by atoms with Gasteiger partial charge in [0.25, 0.3) is 5.91 Å². The summed E-state index contributed by atoms with van der Waals surface area (Å²) in [6, 6.07) is 5.22. The van der Waals surface area contributed by atoms with Gasteiger partial charge in [-0.25, -0.2) is 4.79 Å². The van der Waals surface area contributed by atoms with Crippen LogP contribution in [-0.2, 0) is 14.3 Å². The van der Waals surface area contributed by atoms with Crippen LogP contribution < -0.4 is 19.9 Å². The van der Waals surface area contributed by atoms with Gasteiger partial charge in [-0.1, -0.05) is 6.92 Å². The molecule has 1 saturated heterocycles. The average molecular weight is 347 g/mol. The van der Waals surface area contributed by atoms with Gasteiger partial charge in [-0.05, 0) is 19.1 Å². The highest BCUT2D eigenvalue weighted by atomic mass is 16.6. The van der Waals surface area contributed by atoms with Gasteiger partial charge in [0.1, 0.15) is 11.9 Å². The van der Waals surface area contributed by atoms with Gasteiger partial charge < -0.3 is 19.7 Å². The number of ether oxygens (including phenoxy) is 2. The molecule has 3 amide bonds. The molecule has 25 heavy (non-hydrogen) atoms. The zero-order chi connectivity index (χ0) is 18.1. The molecule has 1 unspecified atom stereocenters. The van der Waals surface area contributed by atoms with Gasteiger partial charge in [-0.15, -0.1) is 0 Å². The van der Waals surface area contributed by atoms with Crippen molar-refractivity contribution >= 4 is 29.3 Å². The van der Waals surface area contributed by atoms with Gasteiger partial charge in [0.05, 0.1) is 24.5 Å². The van der Waals surface area contributed by atoms with Crippen molar-refractivity contribution in [3.05, 3.63) is 18.2 Å². The second-order valence-electron chi connectivity index (χ2n) is 6.08. The first-order chi connectivity index (χ1) is 11.9. The second kappa shape index (κ2) is 6.62. The standard InChI is InChI=1S/C17H21N3O5/c1-4-15(21)18-8-12-9-20(17(23)25-12)11-5-6-13-14(7-11)24-10(2)16(22)19(13)3/h5-7,10,12H,4,8-9H2,1-3H3,(H,18,21)/t10?,12-/m0/s1. The number of carbonyl (C=O) groups is 3. The molecule has 0 radical (unpaired) electrons. The third-order valence-corrected chi connectivity index (χ3v) is 4.32. The highest BCUT2D eigenvalue weighted by Gasteiger charge is 2.34. The maximum Gasteiger partial charge on any atom is 0.414 e. The van der Waals surface area contributed by atoms with Crippen molar-refractivity contribution in [3.8, 4) is 5.75 Å². The molecule has 0 spiro atoms. The van der Waals surface area contributed by atoms with E-state index in [9.17, 15) is 14.4 Å². The number of carbonyl (C=O) groups excluding carboxylic acids is 3. The first-order valence-corrected chi connectivity index (χ1v) is 8.23. The van der Waals surface area contributed by atoms with Crippen LogP contribution >= 0.6 is 0 Å². The van der Waals surface area contributed by atoms with Crippen LogP contribution in [0.25, 0.3) is 0 Å². The lowest BCUT2D eigenvalue weighted by Crippen LogP contribution is -2.42. The molecular formula is C17H21N3O5. The Morgan fingerprint density at radius 3 is 2.80 bits per heavy atom. The molecule has 8 nitrogen and oxygen atoms in total. The number of anilines is 2. The molecule has 0 saturated carbocycles. The molecule has 0 aliphatic carbocycles. The summed E-state index contributed by atoms with van der Waals surface area (Å²) in [6.07, 6.45) is -1.06. The number of amides is 3. The number of cyclic esters (lactones) is 1. The summed E-state index contributed by atoms with van der Waals surface area (Å²) in [4.78, 5) is 38.5. The number of likely N-dealkylation sites (N-methyl/N-ethyl adjacent to an activating group) is 1. The van der Waals surface area contributed by atoms with Crippen molar-refractivity contribution in [1.82, 2.24) is 5.32 Å². The Bertz CT molecular complexity index is 720. The van der Waals surface area contributed by atoms with Crippen LogP contribution in [0.4, 0.5) is 16.2 Å². The number of fused-ring (bicyclic) bond motifs is 1. The summed E-state index contributed by atoms with van der Waals surface area (Å²) in [7, 11) is 1.69. The van der Waals surface area contributed by atoms with Gasteiger partial charge in [0.2, 0.25) is 5.91 Å². The van der Waals surface area contributed by atoms with Crippen LogP contribution in [0.1, 0.15) is 20.3 Å². The third kappa shape index (κ3) is 3.24. The number of nitrogens with one attached hydrogen (secondary N) is 1. The normalized spacial score (nSPS) is 22.4. The minimum Gasteiger partial charge on any atom is -0.479 e. The van der Waals surface area contributed by atoms with E-state index in [-0.39, 0.29) is 18.4 Å². The molecule has 2 aliphatic heterocycles. The number of hydrogen-bond acceptors (Lipinski definition) is 5. The molecule has 2 atom stereocenters. The number of hydrogen-bond donors (Lipinski definition) is 1. The summed E-state index contributed by atoms with van der Waals surface area (Å²) in [5.74, 6) is 0.341.